The van der Waals surface area contributed by atoms with E-state index in [2.05, 4.69) is 54.3 Å². The van der Waals surface area contributed by atoms with Gasteiger partial charge in [0.2, 0.25) is 0 Å². The summed E-state index contributed by atoms with van der Waals surface area (Å²) in [6, 6.07) is 0. The predicted molar refractivity (Wildman–Crippen MR) is 219 cm³/mol. The molecule has 66 heavy (non-hydrogen) atoms. The van der Waals surface area contributed by atoms with E-state index in [4.69, 9.17) is 28.5 Å². The van der Waals surface area contributed by atoms with Gasteiger partial charge in [0.25, 0.3) is 0 Å². The minimum Gasteiger partial charge on any atom is -0.396 e. The number of aliphatic hydroxyl groups is 1. The molecule has 0 aliphatic rings. The van der Waals surface area contributed by atoms with Crippen molar-refractivity contribution in [3.63, 3.8) is 0 Å². The fraction of sp³-hybridized carbons (Fsp3) is 1.00. The van der Waals surface area contributed by atoms with Crippen LogP contribution in [-0.2, 0) is 104 Å². The minimum atomic E-state index is -4.91. The lowest BCUT2D eigenvalue weighted by Crippen LogP contribution is -2.16. The maximum Gasteiger partial charge on any atom is 0.472 e. The predicted octanol–water partition coefficient (Wildman–Crippen LogP) is 3.10. The van der Waals surface area contributed by atoms with Crippen LogP contribution in [0.25, 0.3) is 0 Å². The molecule has 0 radical (unpaired) electrons. The maximum absolute atomic E-state index is 12.2. The summed E-state index contributed by atoms with van der Waals surface area (Å²) in [5.74, 6) is -1.89. The highest BCUT2D eigenvalue weighted by Crippen LogP contribution is 2.50. The van der Waals surface area contributed by atoms with Crippen molar-refractivity contribution < 1.29 is 154 Å². The monoisotopic (exact) mass is 1140 g/mol. The average Bonchev–Trinajstić information content (AvgIpc) is 3.20. The van der Waals surface area contributed by atoms with E-state index in [-0.39, 0.29) is 26.1 Å². The molecule has 0 aromatic heterocycles. The first-order valence-electron chi connectivity index (χ1n) is 18.9. The third-order valence-corrected chi connectivity index (χ3v) is 14.8. The minimum absolute atomic E-state index is 0.179. The van der Waals surface area contributed by atoms with Gasteiger partial charge in [-0.25, -0.2) is 36.5 Å². The van der Waals surface area contributed by atoms with Crippen LogP contribution in [0.4, 0.5) is 0 Å². The van der Waals surface area contributed by atoms with Crippen LogP contribution in [0.1, 0.15) is 40.0 Å². The molecule has 0 heterocycles. The van der Waals surface area contributed by atoms with Gasteiger partial charge in [0.05, 0.1) is 99.1 Å². The Hall–Kier alpha value is 0.840. The normalized spacial score (nSPS) is 20.4. The van der Waals surface area contributed by atoms with Gasteiger partial charge in [0.15, 0.2) is 0 Å². The molecule has 0 aliphatic carbocycles. The third kappa shape index (κ3) is 37.6. The lowest BCUT2D eigenvalue weighted by atomic mass is 10.1. The van der Waals surface area contributed by atoms with Gasteiger partial charge in [0.1, 0.15) is 0 Å². The van der Waals surface area contributed by atoms with Crippen LogP contribution < -0.4 is 0 Å². The van der Waals surface area contributed by atoms with Crippen LogP contribution in [-0.4, -0.2) is 155 Å². The molecule has 0 fully saturated rings. The molecule has 41 heteroatoms. The number of rotatable bonds is 44. The zero-order valence-corrected chi connectivity index (χ0v) is 42.8. The first kappa shape index (κ1) is 66.8. The molecule has 0 rings (SSSR count). The Balaban J connectivity index is 4.37. The summed E-state index contributed by atoms with van der Waals surface area (Å²) >= 11 is 0. The Morgan fingerprint density at radius 1 is 0.288 bits per heavy atom. The van der Waals surface area contributed by atoms with E-state index in [0.29, 0.717) is 6.42 Å². The number of phosphoric acid groups is 8. The van der Waals surface area contributed by atoms with E-state index < -0.39 is 173 Å². The second kappa shape index (κ2) is 32.8. The Morgan fingerprint density at radius 3 is 0.621 bits per heavy atom. The van der Waals surface area contributed by atoms with E-state index in [9.17, 15) is 70.8 Å². The molecule has 0 aliphatic heterocycles. The lowest BCUT2D eigenvalue weighted by Gasteiger charge is -2.20. The SMILES string of the molecule is CCC(CO)COP(=O)(O)OCCOP(=O)(O)OCC(CC)COP(=O)(O)OCCOP(=O)(O)OCCOP(=O)(O)OCCOP(=O)(O)OCCOP(=O)(O)OCC(CC)COP(=O)(O)O. The molecule has 10 atom stereocenters. The summed E-state index contributed by atoms with van der Waals surface area (Å²) in [6.07, 6.45) is 0.877. The van der Waals surface area contributed by atoms with Crippen LogP contribution in [0, 0.1) is 17.8 Å². The Bertz CT molecular complexity index is 1740. The second-order valence-electron chi connectivity index (χ2n) is 12.6. The van der Waals surface area contributed by atoms with E-state index in [0.717, 1.165) is 0 Å². The molecule has 0 saturated carbocycles. The molecular formula is C25H60O33P8. The highest BCUT2D eigenvalue weighted by atomic mass is 31.2. The number of phosphoric ester groups is 8. The second-order valence-corrected chi connectivity index (χ2v) is 24.0. The smallest absolute Gasteiger partial charge is 0.396 e. The molecule has 398 valence electrons. The summed E-state index contributed by atoms with van der Waals surface area (Å²) in [7, 11) is -38.3. The van der Waals surface area contributed by atoms with Crippen LogP contribution in [0.15, 0.2) is 0 Å². The van der Waals surface area contributed by atoms with Crippen molar-refractivity contribution in [1.82, 2.24) is 0 Å². The standard InChI is InChI=1S/C25H60O33P8/c1-4-23(17-26)18-55-63(36,37)50-15-16-53-66(42,43)58-22-25(6-3)21-57-65(40,41)52-14-12-49-62(34,35)47-10-8-45-60(30,31)44-7-9-46-61(32,33)48-11-13-51-64(38,39)56-20-24(5-2)19-54-59(27,28)29/h23-26H,4-22H2,1-3H3,(H,30,31)(H,32,33)(H,34,35)(H,36,37)(H,38,39)(H,40,41)(H,42,43)(H2,27,28,29). The van der Waals surface area contributed by atoms with Crippen molar-refractivity contribution in [3.8, 4) is 0 Å². The number of hydrogen-bond donors (Lipinski definition) is 10. The first-order chi connectivity index (χ1) is 30.3. The van der Waals surface area contributed by atoms with Gasteiger partial charge in [-0.1, -0.05) is 20.8 Å². The van der Waals surface area contributed by atoms with Crippen molar-refractivity contribution in [1.29, 1.82) is 0 Å². The average molecular weight is 1140 g/mol. The van der Waals surface area contributed by atoms with Crippen LogP contribution in [0.5, 0.6) is 0 Å². The van der Waals surface area contributed by atoms with Crippen molar-refractivity contribution in [3.05, 3.63) is 0 Å². The van der Waals surface area contributed by atoms with E-state index in [1.54, 1.807) is 20.8 Å². The van der Waals surface area contributed by atoms with Gasteiger partial charge in [-0.2, -0.15) is 0 Å². The van der Waals surface area contributed by atoms with Gasteiger partial charge in [0, 0.05) is 24.4 Å². The molecule has 0 saturated heterocycles. The lowest BCUT2D eigenvalue weighted by molar-refractivity contribution is 0.0678. The molecule has 10 unspecified atom stereocenters. The fourth-order valence-electron chi connectivity index (χ4n) is 3.66. The van der Waals surface area contributed by atoms with Crippen molar-refractivity contribution in [2.45, 2.75) is 40.0 Å². The summed E-state index contributed by atoms with van der Waals surface area (Å²) < 4.78 is 164. The van der Waals surface area contributed by atoms with Crippen LogP contribution >= 0.6 is 62.6 Å². The maximum atomic E-state index is 12.2. The van der Waals surface area contributed by atoms with Gasteiger partial charge in [-0.15, -0.1) is 0 Å². The molecule has 0 spiro atoms. The van der Waals surface area contributed by atoms with Crippen LogP contribution in [0.2, 0.25) is 0 Å². The summed E-state index contributed by atoms with van der Waals surface area (Å²) in [4.78, 5) is 85.7. The molecule has 0 amide bonds. The first-order valence-corrected chi connectivity index (χ1v) is 30.9. The Labute approximate surface area is 379 Å². The van der Waals surface area contributed by atoms with Crippen molar-refractivity contribution in [2.75, 3.05) is 106 Å². The van der Waals surface area contributed by atoms with E-state index in [1.165, 1.54) is 0 Å². The zero-order valence-electron chi connectivity index (χ0n) is 35.6. The molecular weight excluding hydrogens is 1080 g/mol. The Kier molecular flexibility index (Phi) is 33.2. The zero-order chi connectivity index (χ0) is 50.8. The highest BCUT2D eigenvalue weighted by molar-refractivity contribution is 7.49. The summed E-state index contributed by atoms with van der Waals surface area (Å²) in [5.41, 5.74) is 0. The molecule has 0 aromatic rings. The molecule has 0 bridgehead atoms. The molecule has 33 nitrogen and oxygen atoms in total. The van der Waals surface area contributed by atoms with Crippen molar-refractivity contribution in [2.24, 2.45) is 17.8 Å². The largest absolute Gasteiger partial charge is 0.472 e. The quantitative estimate of drug-likeness (QED) is 0.0309. The summed E-state index contributed by atoms with van der Waals surface area (Å²) in [6.45, 7) is -5.77. The fourth-order valence-corrected chi connectivity index (χ4v) is 9.23. The highest BCUT2D eigenvalue weighted by Gasteiger charge is 2.31. The third-order valence-electron chi connectivity index (χ3n) is 7.32. The van der Waals surface area contributed by atoms with Crippen molar-refractivity contribution >= 4 is 62.6 Å². The van der Waals surface area contributed by atoms with Gasteiger partial charge in [-0.05, 0) is 19.3 Å². The van der Waals surface area contributed by atoms with E-state index in [1.807, 2.05) is 0 Å². The topological polar surface area (TPSA) is 477 Å². The molecule has 10 N–H and O–H groups in total. The van der Waals surface area contributed by atoms with Gasteiger partial charge in [-0.3, -0.25) is 67.9 Å². The van der Waals surface area contributed by atoms with Gasteiger partial charge < -0.3 is 49.1 Å². The number of aliphatic hydroxyl groups excluding tert-OH is 1. The number of hydrogen-bond acceptors (Lipinski definition) is 24. The Morgan fingerprint density at radius 2 is 0.455 bits per heavy atom. The van der Waals surface area contributed by atoms with Crippen LogP contribution in [0.3, 0.4) is 0 Å². The van der Waals surface area contributed by atoms with Gasteiger partial charge >= 0.3 is 62.6 Å². The summed E-state index contributed by atoms with van der Waals surface area (Å²) in [5, 5.41) is 9.11. The molecule has 0 aromatic carbocycles. The van der Waals surface area contributed by atoms with E-state index >= 15 is 0 Å².